The normalized spacial score (nSPS) is 17.8. The molecule has 2 aromatic rings. The Morgan fingerprint density at radius 2 is 1.73 bits per heavy atom. The van der Waals surface area contributed by atoms with Crippen LogP contribution in [-0.2, 0) is 16.0 Å². The van der Waals surface area contributed by atoms with Crippen molar-refractivity contribution < 1.29 is 19.4 Å². The Morgan fingerprint density at radius 3 is 2.27 bits per heavy atom. The van der Waals surface area contributed by atoms with Gasteiger partial charge in [0.2, 0.25) is 0 Å². The van der Waals surface area contributed by atoms with E-state index in [1.54, 1.807) is 30.2 Å². The lowest BCUT2D eigenvalue weighted by atomic mass is 9.94. The molecule has 2 aromatic carbocycles. The van der Waals surface area contributed by atoms with Gasteiger partial charge in [-0.3, -0.25) is 9.59 Å². The minimum absolute atomic E-state index is 0.133. The molecule has 0 spiro atoms. The van der Waals surface area contributed by atoms with E-state index in [-0.39, 0.29) is 11.3 Å². The second-order valence-corrected chi connectivity index (χ2v) is 8.30. The predicted molar refractivity (Wildman–Crippen MR) is 130 cm³/mol. The Balaban J connectivity index is 2.10. The van der Waals surface area contributed by atoms with Crippen molar-refractivity contribution in [2.24, 2.45) is 0 Å². The van der Waals surface area contributed by atoms with Gasteiger partial charge in [-0.1, -0.05) is 45.0 Å². The molecule has 6 nitrogen and oxygen atoms in total. The summed E-state index contributed by atoms with van der Waals surface area (Å²) in [4.78, 5) is 30.1. The summed E-state index contributed by atoms with van der Waals surface area (Å²) in [7, 11) is 1.59. The van der Waals surface area contributed by atoms with E-state index in [1.807, 2.05) is 31.2 Å². The molecular weight excluding hydrogens is 416 g/mol. The third-order valence-electron chi connectivity index (χ3n) is 6.46. The van der Waals surface area contributed by atoms with Crippen molar-refractivity contribution in [1.82, 2.24) is 9.80 Å². The van der Waals surface area contributed by atoms with E-state index in [1.165, 1.54) is 5.56 Å². The number of carbonyl (C=O) groups is 2. The molecule has 33 heavy (non-hydrogen) atoms. The first-order valence-corrected chi connectivity index (χ1v) is 11.6. The van der Waals surface area contributed by atoms with Gasteiger partial charge in [-0.05, 0) is 61.3 Å². The maximum Gasteiger partial charge on any atom is 0.295 e. The molecule has 0 aromatic heterocycles. The summed E-state index contributed by atoms with van der Waals surface area (Å²) in [6, 6.07) is 12.5. The quantitative estimate of drug-likeness (QED) is 0.350. The molecule has 0 aliphatic carbocycles. The molecular formula is C27H34N2O4. The highest BCUT2D eigenvalue weighted by molar-refractivity contribution is 6.46. The van der Waals surface area contributed by atoms with Crippen LogP contribution in [0.25, 0.3) is 5.76 Å². The van der Waals surface area contributed by atoms with Crippen molar-refractivity contribution in [3.8, 4) is 5.75 Å². The fourth-order valence-electron chi connectivity index (χ4n) is 4.36. The molecule has 1 unspecified atom stereocenters. The number of carbonyl (C=O) groups excluding carboxylic acids is 2. The van der Waals surface area contributed by atoms with Gasteiger partial charge in [0.25, 0.3) is 11.7 Å². The molecule has 1 aliphatic heterocycles. The van der Waals surface area contributed by atoms with Crippen LogP contribution in [0, 0.1) is 6.92 Å². The maximum absolute atomic E-state index is 13.2. The molecule has 1 saturated heterocycles. The maximum atomic E-state index is 13.2. The Kier molecular flexibility index (Phi) is 7.92. The summed E-state index contributed by atoms with van der Waals surface area (Å²) in [5.74, 6) is -0.685. The number of Topliss-reactive ketones (excluding diaryl/α,β-unsaturated/α-hetero) is 1. The zero-order valence-corrected chi connectivity index (χ0v) is 20.2. The molecule has 0 bridgehead atoms. The Morgan fingerprint density at radius 1 is 1.06 bits per heavy atom. The molecule has 176 valence electrons. The number of nitrogens with zero attached hydrogens (tertiary/aromatic N) is 2. The zero-order chi connectivity index (χ0) is 24.1. The minimum atomic E-state index is -0.648. The van der Waals surface area contributed by atoms with Crippen molar-refractivity contribution >= 4 is 17.4 Å². The van der Waals surface area contributed by atoms with Crippen LogP contribution < -0.4 is 4.74 Å². The molecule has 1 fully saturated rings. The van der Waals surface area contributed by atoms with Crippen molar-refractivity contribution in [2.75, 3.05) is 33.3 Å². The van der Waals surface area contributed by atoms with Gasteiger partial charge in [-0.25, -0.2) is 0 Å². The van der Waals surface area contributed by atoms with E-state index in [0.717, 1.165) is 30.6 Å². The summed E-state index contributed by atoms with van der Waals surface area (Å²) in [6.07, 6.45) is 0.896. The standard InChI is InChI=1S/C27H34N2O4/c1-6-19-9-11-20(12-10-19)24-23(25(30)21-13-14-22(33-5)18(4)17-21)26(31)27(32)29(24)16-15-28(7-2)8-3/h9-14,17,24,30H,6-8,15-16H2,1-5H3/b25-23+. The van der Waals surface area contributed by atoms with Gasteiger partial charge in [0.15, 0.2) is 0 Å². The smallest absolute Gasteiger partial charge is 0.295 e. The van der Waals surface area contributed by atoms with Gasteiger partial charge < -0.3 is 19.6 Å². The number of aryl methyl sites for hydroxylation is 2. The van der Waals surface area contributed by atoms with E-state index < -0.39 is 17.7 Å². The molecule has 1 heterocycles. The number of amides is 1. The van der Waals surface area contributed by atoms with Gasteiger partial charge in [-0.2, -0.15) is 0 Å². The molecule has 0 saturated carbocycles. The first kappa shape index (κ1) is 24.5. The highest BCUT2D eigenvalue weighted by atomic mass is 16.5. The summed E-state index contributed by atoms with van der Waals surface area (Å²) in [5.41, 5.74) is 3.45. The van der Waals surface area contributed by atoms with E-state index in [2.05, 4.69) is 25.7 Å². The summed E-state index contributed by atoms with van der Waals surface area (Å²) >= 11 is 0. The van der Waals surface area contributed by atoms with Crippen LogP contribution in [0.4, 0.5) is 0 Å². The molecule has 1 N–H and O–H groups in total. The number of likely N-dealkylation sites (N-methyl/N-ethyl adjacent to an activating group) is 1. The van der Waals surface area contributed by atoms with Crippen LogP contribution in [-0.4, -0.2) is 59.9 Å². The molecule has 0 radical (unpaired) electrons. The lowest BCUT2D eigenvalue weighted by Crippen LogP contribution is -2.38. The van der Waals surface area contributed by atoms with Gasteiger partial charge in [0, 0.05) is 18.7 Å². The number of hydrogen-bond donors (Lipinski definition) is 1. The minimum Gasteiger partial charge on any atom is -0.507 e. The van der Waals surface area contributed by atoms with Gasteiger partial charge in [0.05, 0.1) is 18.7 Å². The second kappa shape index (κ2) is 10.7. The molecule has 6 heteroatoms. The van der Waals surface area contributed by atoms with Crippen LogP contribution in [0.1, 0.15) is 49.1 Å². The fraction of sp³-hybridized carbons (Fsp3) is 0.407. The number of benzene rings is 2. The monoisotopic (exact) mass is 450 g/mol. The first-order valence-electron chi connectivity index (χ1n) is 11.6. The van der Waals surface area contributed by atoms with Gasteiger partial charge in [0.1, 0.15) is 11.5 Å². The SMILES string of the molecule is CCc1ccc(C2/C(=C(\O)c3ccc(OC)c(C)c3)C(=O)C(=O)N2CCN(CC)CC)cc1. The average Bonchev–Trinajstić information content (AvgIpc) is 3.09. The number of ketones is 1. The van der Waals surface area contributed by atoms with Gasteiger partial charge in [-0.15, -0.1) is 0 Å². The Hall–Kier alpha value is -3.12. The molecule has 1 atom stereocenters. The van der Waals surface area contributed by atoms with Crippen molar-refractivity contribution in [1.29, 1.82) is 0 Å². The number of ether oxygens (including phenoxy) is 1. The van der Waals surface area contributed by atoms with Crippen molar-refractivity contribution in [3.63, 3.8) is 0 Å². The number of methoxy groups -OCH3 is 1. The van der Waals surface area contributed by atoms with Crippen LogP contribution in [0.5, 0.6) is 5.75 Å². The van der Waals surface area contributed by atoms with E-state index in [0.29, 0.717) is 24.4 Å². The highest BCUT2D eigenvalue weighted by Gasteiger charge is 2.45. The summed E-state index contributed by atoms with van der Waals surface area (Å²) in [5, 5.41) is 11.2. The third-order valence-corrected chi connectivity index (χ3v) is 6.46. The summed E-state index contributed by atoms with van der Waals surface area (Å²) < 4.78 is 5.32. The lowest BCUT2D eigenvalue weighted by molar-refractivity contribution is -0.140. The predicted octanol–water partition coefficient (Wildman–Crippen LogP) is 4.33. The van der Waals surface area contributed by atoms with Crippen LogP contribution >= 0.6 is 0 Å². The van der Waals surface area contributed by atoms with E-state index in [4.69, 9.17) is 4.74 Å². The number of hydrogen-bond acceptors (Lipinski definition) is 5. The average molecular weight is 451 g/mol. The third kappa shape index (κ3) is 4.96. The summed E-state index contributed by atoms with van der Waals surface area (Å²) in [6.45, 7) is 10.9. The molecule has 3 rings (SSSR count). The lowest BCUT2D eigenvalue weighted by Gasteiger charge is -2.28. The van der Waals surface area contributed by atoms with Crippen LogP contribution in [0.2, 0.25) is 0 Å². The van der Waals surface area contributed by atoms with Crippen LogP contribution in [0.15, 0.2) is 48.0 Å². The van der Waals surface area contributed by atoms with Crippen LogP contribution in [0.3, 0.4) is 0 Å². The highest BCUT2D eigenvalue weighted by Crippen LogP contribution is 2.39. The van der Waals surface area contributed by atoms with Crippen molar-refractivity contribution in [3.05, 3.63) is 70.3 Å². The number of aliphatic hydroxyl groups is 1. The largest absolute Gasteiger partial charge is 0.507 e. The van der Waals surface area contributed by atoms with E-state index >= 15 is 0 Å². The molecule has 1 aliphatic rings. The number of aliphatic hydroxyl groups excluding tert-OH is 1. The first-order chi connectivity index (χ1) is 15.9. The van der Waals surface area contributed by atoms with Gasteiger partial charge >= 0.3 is 0 Å². The second-order valence-electron chi connectivity index (χ2n) is 8.30. The zero-order valence-electron chi connectivity index (χ0n) is 20.2. The van der Waals surface area contributed by atoms with E-state index in [9.17, 15) is 14.7 Å². The Bertz CT molecular complexity index is 1040. The molecule has 1 amide bonds. The number of rotatable bonds is 9. The fourth-order valence-corrected chi connectivity index (χ4v) is 4.36. The Labute approximate surface area is 196 Å². The van der Waals surface area contributed by atoms with Crippen molar-refractivity contribution in [2.45, 2.75) is 40.2 Å². The topological polar surface area (TPSA) is 70.1 Å². The number of likely N-dealkylation sites (tertiary alicyclic amines) is 1.